The normalized spacial score (nSPS) is 20.2. The molecule has 1 atom stereocenters. The first-order chi connectivity index (χ1) is 12.0. The number of rotatable bonds is 3. The molecule has 1 unspecified atom stereocenters. The number of allylic oxidation sites excluding steroid dienone is 2. The van der Waals surface area contributed by atoms with Crippen molar-refractivity contribution in [1.82, 2.24) is 0 Å². The summed E-state index contributed by atoms with van der Waals surface area (Å²) in [6, 6.07) is 11.8. The van der Waals surface area contributed by atoms with Gasteiger partial charge in [0, 0.05) is 35.4 Å². The fourth-order valence-electron chi connectivity index (χ4n) is 2.98. The molecule has 128 valence electrons. The van der Waals surface area contributed by atoms with Crippen LogP contribution in [0.5, 0.6) is 5.75 Å². The number of ether oxygens (including phenoxy) is 1. The average molecular weight is 336 g/mol. The van der Waals surface area contributed by atoms with Gasteiger partial charge in [0.1, 0.15) is 11.6 Å². The Morgan fingerprint density at radius 3 is 2.52 bits per heavy atom. The van der Waals surface area contributed by atoms with Crippen molar-refractivity contribution in [2.75, 3.05) is 5.73 Å². The van der Waals surface area contributed by atoms with Gasteiger partial charge in [0.15, 0.2) is 0 Å². The molecule has 0 bridgehead atoms. The zero-order chi connectivity index (χ0) is 18.0. The molecule has 25 heavy (non-hydrogen) atoms. The predicted molar refractivity (Wildman–Crippen MR) is 100 cm³/mol. The summed E-state index contributed by atoms with van der Waals surface area (Å²) >= 11 is 0. The zero-order valence-corrected chi connectivity index (χ0v) is 14.6. The molecule has 4 heteroatoms. The number of halogens is 1. The van der Waals surface area contributed by atoms with E-state index in [0.29, 0.717) is 11.4 Å². The Morgan fingerprint density at radius 2 is 1.88 bits per heavy atom. The van der Waals surface area contributed by atoms with E-state index in [9.17, 15) is 4.39 Å². The number of nitrogen functional groups attached to an aromatic ring is 1. The van der Waals surface area contributed by atoms with Crippen LogP contribution in [0.2, 0.25) is 0 Å². The number of anilines is 1. The molecule has 1 aliphatic rings. The fraction of sp³-hybridized carbons (Fsp3) is 0.190. The van der Waals surface area contributed by atoms with Crippen molar-refractivity contribution in [3.63, 3.8) is 0 Å². The van der Waals surface area contributed by atoms with Gasteiger partial charge in [-0.25, -0.2) is 9.38 Å². The van der Waals surface area contributed by atoms with Crippen molar-refractivity contribution in [1.29, 1.82) is 0 Å². The number of nitrogens with zero attached hydrogens (tertiary/aromatic N) is 1. The minimum absolute atomic E-state index is 0.278. The lowest BCUT2D eigenvalue weighted by Gasteiger charge is -2.34. The molecule has 2 aromatic carbocycles. The number of nitrogens with two attached hydrogens (primary N) is 1. The molecule has 2 aromatic rings. The van der Waals surface area contributed by atoms with Gasteiger partial charge in [-0.15, -0.1) is 0 Å². The second-order valence-electron chi connectivity index (χ2n) is 6.05. The van der Waals surface area contributed by atoms with Crippen LogP contribution in [0.1, 0.15) is 31.9 Å². The van der Waals surface area contributed by atoms with Gasteiger partial charge in [0.2, 0.25) is 5.72 Å². The zero-order valence-electron chi connectivity index (χ0n) is 14.6. The number of hydrogen-bond acceptors (Lipinski definition) is 3. The highest BCUT2D eigenvalue weighted by Crippen LogP contribution is 2.37. The predicted octanol–water partition coefficient (Wildman–Crippen LogP) is 4.88. The van der Waals surface area contributed by atoms with E-state index in [0.717, 1.165) is 22.4 Å². The Kier molecular flexibility index (Phi) is 4.45. The molecule has 0 spiro atoms. The standard InChI is InChI=1S/C21H21FN2O/c1-4-6-15(5-2)21(3)24-20(14-7-9-16(22)10-8-14)18-12-11-17(23)13-19(18)25-21/h4-13H,23H2,1-3H3/b6-4-,15-5+. The molecular formula is C21H21FN2O. The number of aliphatic imine (C=N–C) groups is 1. The van der Waals surface area contributed by atoms with Gasteiger partial charge in [-0.2, -0.15) is 0 Å². The topological polar surface area (TPSA) is 47.6 Å². The maximum atomic E-state index is 13.3. The van der Waals surface area contributed by atoms with Crippen LogP contribution in [-0.2, 0) is 0 Å². The first-order valence-electron chi connectivity index (χ1n) is 8.21. The SMILES string of the molecule is C/C=C\C(=C/C)C1(C)N=C(c2ccc(F)cc2)c2ccc(N)cc2O1. The van der Waals surface area contributed by atoms with Crippen molar-refractivity contribution >= 4 is 11.4 Å². The molecule has 3 nitrogen and oxygen atoms in total. The summed E-state index contributed by atoms with van der Waals surface area (Å²) in [7, 11) is 0. The fourth-order valence-corrected chi connectivity index (χ4v) is 2.98. The molecule has 0 aliphatic carbocycles. The van der Waals surface area contributed by atoms with Crippen LogP contribution < -0.4 is 10.5 Å². The number of hydrogen-bond donors (Lipinski definition) is 1. The van der Waals surface area contributed by atoms with E-state index in [-0.39, 0.29) is 5.82 Å². The molecular weight excluding hydrogens is 315 g/mol. The third kappa shape index (κ3) is 3.20. The molecule has 0 fully saturated rings. The molecule has 0 saturated carbocycles. The number of benzene rings is 2. The summed E-state index contributed by atoms with van der Waals surface area (Å²) < 4.78 is 19.6. The summed E-state index contributed by atoms with van der Waals surface area (Å²) in [6.45, 7) is 5.82. The molecule has 0 radical (unpaired) electrons. The summed E-state index contributed by atoms with van der Waals surface area (Å²) in [4.78, 5) is 4.89. The third-order valence-corrected chi connectivity index (χ3v) is 4.21. The van der Waals surface area contributed by atoms with Crippen molar-refractivity contribution < 1.29 is 9.13 Å². The highest BCUT2D eigenvalue weighted by molar-refractivity contribution is 6.15. The Morgan fingerprint density at radius 1 is 1.16 bits per heavy atom. The smallest absolute Gasteiger partial charge is 0.223 e. The van der Waals surface area contributed by atoms with E-state index >= 15 is 0 Å². The van der Waals surface area contributed by atoms with Crippen LogP contribution >= 0.6 is 0 Å². The molecule has 2 N–H and O–H groups in total. The van der Waals surface area contributed by atoms with Crippen LogP contribution in [-0.4, -0.2) is 11.4 Å². The highest BCUT2D eigenvalue weighted by Gasteiger charge is 2.35. The summed E-state index contributed by atoms with van der Waals surface area (Å²) in [5.41, 5.74) is 9.04. The summed E-state index contributed by atoms with van der Waals surface area (Å²) in [6.07, 6.45) is 5.90. The Bertz CT molecular complexity index is 881. The second-order valence-corrected chi connectivity index (χ2v) is 6.05. The van der Waals surface area contributed by atoms with Gasteiger partial charge in [-0.1, -0.05) is 18.2 Å². The number of fused-ring (bicyclic) bond motifs is 1. The maximum absolute atomic E-state index is 13.3. The Balaban J connectivity index is 2.22. The van der Waals surface area contributed by atoms with Crippen molar-refractivity contribution in [3.8, 4) is 5.75 Å². The van der Waals surface area contributed by atoms with E-state index < -0.39 is 5.72 Å². The quantitative estimate of drug-likeness (QED) is 0.642. The minimum Gasteiger partial charge on any atom is -0.461 e. The highest BCUT2D eigenvalue weighted by atomic mass is 19.1. The Hall–Kier alpha value is -2.88. The Labute approximate surface area is 147 Å². The van der Waals surface area contributed by atoms with Crippen LogP contribution in [0.3, 0.4) is 0 Å². The maximum Gasteiger partial charge on any atom is 0.223 e. The van der Waals surface area contributed by atoms with Crippen molar-refractivity contribution in [2.24, 2.45) is 4.99 Å². The summed E-state index contributed by atoms with van der Waals surface area (Å²) in [5.74, 6) is 0.389. The largest absolute Gasteiger partial charge is 0.461 e. The van der Waals surface area contributed by atoms with Gasteiger partial charge in [0.05, 0.1) is 5.71 Å². The third-order valence-electron chi connectivity index (χ3n) is 4.21. The van der Waals surface area contributed by atoms with Gasteiger partial charge in [-0.05, 0) is 50.2 Å². The lowest BCUT2D eigenvalue weighted by molar-refractivity contribution is 0.137. The molecule has 3 rings (SSSR count). The average Bonchev–Trinajstić information content (AvgIpc) is 2.59. The van der Waals surface area contributed by atoms with Gasteiger partial charge in [-0.3, -0.25) is 0 Å². The van der Waals surface area contributed by atoms with E-state index in [1.54, 1.807) is 18.2 Å². The molecule has 0 amide bonds. The lowest BCUT2D eigenvalue weighted by atomic mass is 9.95. The van der Waals surface area contributed by atoms with Crippen LogP contribution in [0.25, 0.3) is 0 Å². The van der Waals surface area contributed by atoms with Crippen molar-refractivity contribution in [3.05, 3.63) is 83.2 Å². The van der Waals surface area contributed by atoms with E-state index in [2.05, 4.69) is 0 Å². The molecule has 0 saturated heterocycles. The van der Waals surface area contributed by atoms with Crippen LogP contribution in [0.15, 0.2) is 71.3 Å². The van der Waals surface area contributed by atoms with E-state index in [1.165, 1.54) is 12.1 Å². The second kappa shape index (κ2) is 6.55. The van der Waals surface area contributed by atoms with Crippen LogP contribution in [0, 0.1) is 5.82 Å². The van der Waals surface area contributed by atoms with E-state index in [4.69, 9.17) is 15.5 Å². The van der Waals surface area contributed by atoms with Gasteiger partial charge < -0.3 is 10.5 Å². The van der Waals surface area contributed by atoms with Gasteiger partial charge in [0.25, 0.3) is 0 Å². The van der Waals surface area contributed by atoms with Gasteiger partial charge >= 0.3 is 0 Å². The molecule has 0 aromatic heterocycles. The first-order valence-corrected chi connectivity index (χ1v) is 8.21. The summed E-state index contributed by atoms with van der Waals surface area (Å²) in [5, 5.41) is 0. The first kappa shape index (κ1) is 17.0. The van der Waals surface area contributed by atoms with Crippen LogP contribution in [0.4, 0.5) is 10.1 Å². The lowest BCUT2D eigenvalue weighted by Crippen LogP contribution is -2.37. The van der Waals surface area contributed by atoms with Crippen molar-refractivity contribution in [2.45, 2.75) is 26.5 Å². The molecule has 1 aliphatic heterocycles. The molecule has 1 heterocycles. The van der Waals surface area contributed by atoms with E-state index in [1.807, 2.05) is 51.1 Å². The minimum atomic E-state index is -0.883. The monoisotopic (exact) mass is 336 g/mol.